The molecule has 3 nitrogen and oxygen atoms in total. The Morgan fingerprint density at radius 2 is 2.20 bits per heavy atom. The second kappa shape index (κ2) is 4.52. The smallest absolute Gasteiger partial charge is 0.137 e. The molecule has 0 bridgehead atoms. The van der Waals surface area contributed by atoms with Crippen molar-refractivity contribution in [3.8, 4) is 12.1 Å². The zero-order chi connectivity index (χ0) is 7.98. The van der Waals surface area contributed by atoms with Crippen LogP contribution in [0.25, 0.3) is 0 Å². The van der Waals surface area contributed by atoms with E-state index >= 15 is 0 Å². The first-order chi connectivity index (χ1) is 4.76. The van der Waals surface area contributed by atoms with Crippen molar-refractivity contribution in [1.29, 1.82) is 10.5 Å². The summed E-state index contributed by atoms with van der Waals surface area (Å²) in [4.78, 5) is 10.1. The maximum Gasteiger partial charge on any atom is 0.137 e. The topological polar surface area (TPSA) is 64.7 Å². The van der Waals surface area contributed by atoms with Crippen LogP contribution in [0, 0.1) is 34.5 Å². The molecule has 0 heterocycles. The van der Waals surface area contributed by atoms with Crippen molar-refractivity contribution in [1.82, 2.24) is 0 Å². The zero-order valence-electron chi connectivity index (χ0n) is 5.74. The van der Waals surface area contributed by atoms with Crippen molar-refractivity contribution in [2.75, 3.05) is 0 Å². The molecule has 2 atom stereocenters. The van der Waals surface area contributed by atoms with E-state index in [1.807, 2.05) is 12.1 Å². The molecule has 0 aliphatic carbocycles. The number of rotatable bonds is 3. The summed E-state index contributed by atoms with van der Waals surface area (Å²) in [6.45, 7) is 1.71. The van der Waals surface area contributed by atoms with Crippen molar-refractivity contribution in [3.05, 3.63) is 0 Å². The van der Waals surface area contributed by atoms with Crippen LogP contribution in [0.5, 0.6) is 0 Å². The van der Waals surface area contributed by atoms with E-state index in [0.717, 1.165) is 0 Å². The first-order valence-corrected chi connectivity index (χ1v) is 2.98. The molecule has 0 aliphatic rings. The summed E-state index contributed by atoms with van der Waals surface area (Å²) in [7, 11) is 0. The van der Waals surface area contributed by atoms with Gasteiger partial charge in [-0.25, -0.2) is 0 Å². The number of hydrogen-bond donors (Lipinski definition) is 0. The molecule has 0 fully saturated rings. The Hall–Kier alpha value is -1.35. The molecule has 3 heteroatoms. The number of hydrogen-bond acceptors (Lipinski definition) is 3. The van der Waals surface area contributed by atoms with Crippen molar-refractivity contribution in [2.45, 2.75) is 13.3 Å². The van der Waals surface area contributed by atoms with Gasteiger partial charge in [-0.1, -0.05) is 6.92 Å². The van der Waals surface area contributed by atoms with Crippen LogP contribution in [0.3, 0.4) is 0 Å². The lowest BCUT2D eigenvalue weighted by molar-refractivity contribution is -0.110. The van der Waals surface area contributed by atoms with Gasteiger partial charge in [0, 0.05) is 6.42 Å². The highest BCUT2D eigenvalue weighted by Crippen LogP contribution is 2.10. The molecule has 1 unspecified atom stereocenters. The predicted molar refractivity (Wildman–Crippen MR) is 34.6 cm³/mol. The average Bonchev–Trinajstić information content (AvgIpc) is 1.91. The normalized spacial score (nSPS) is 14.3. The fourth-order valence-corrected chi connectivity index (χ4v) is 0.563. The van der Waals surface area contributed by atoms with Crippen LogP contribution < -0.4 is 0 Å². The highest BCUT2D eigenvalue weighted by Gasteiger charge is 2.14. The summed E-state index contributed by atoms with van der Waals surface area (Å²) in [6, 6.07) is 3.72. The molecule has 0 aromatic heterocycles. The van der Waals surface area contributed by atoms with Gasteiger partial charge in [0.25, 0.3) is 0 Å². The Morgan fingerprint density at radius 1 is 1.60 bits per heavy atom. The largest absolute Gasteiger partial charge is 0.302 e. The van der Waals surface area contributed by atoms with Crippen LogP contribution in [0.15, 0.2) is 0 Å². The van der Waals surface area contributed by atoms with Gasteiger partial charge in [-0.05, 0) is 5.92 Å². The van der Waals surface area contributed by atoms with Gasteiger partial charge in [-0.15, -0.1) is 0 Å². The Kier molecular flexibility index (Phi) is 3.91. The van der Waals surface area contributed by atoms with Crippen LogP contribution in [-0.2, 0) is 4.79 Å². The van der Waals surface area contributed by atoms with Crippen LogP contribution in [0.1, 0.15) is 13.3 Å². The number of carbonyl (C=O) groups is 1. The summed E-state index contributed by atoms with van der Waals surface area (Å²) in [6.07, 6.45) is 0.846. The minimum absolute atomic E-state index is 0.146. The first-order valence-electron chi connectivity index (χ1n) is 2.98. The fraction of sp³-hybridized carbons (Fsp3) is 0.571. The summed E-state index contributed by atoms with van der Waals surface area (Å²) in [5.74, 6) is -0.771. The summed E-state index contributed by atoms with van der Waals surface area (Å²) >= 11 is 0. The van der Waals surface area contributed by atoms with Crippen LogP contribution in [0.2, 0.25) is 0 Å². The van der Waals surface area contributed by atoms with E-state index in [1.54, 1.807) is 6.92 Å². The van der Waals surface area contributed by atoms with Gasteiger partial charge in [0.05, 0.1) is 12.1 Å². The van der Waals surface area contributed by atoms with E-state index in [2.05, 4.69) is 0 Å². The Bertz CT molecular complexity index is 187. The molecular formula is C7H8N2O. The highest BCUT2D eigenvalue weighted by atomic mass is 16.1. The number of carbonyl (C=O) groups excluding carboxylic acids is 1. The van der Waals surface area contributed by atoms with Gasteiger partial charge in [-0.3, -0.25) is 0 Å². The van der Waals surface area contributed by atoms with Gasteiger partial charge in [0.15, 0.2) is 0 Å². The second-order valence-corrected chi connectivity index (χ2v) is 2.13. The van der Waals surface area contributed by atoms with Crippen molar-refractivity contribution < 1.29 is 4.79 Å². The molecule has 0 N–H and O–H groups in total. The van der Waals surface area contributed by atoms with E-state index < -0.39 is 5.92 Å². The Morgan fingerprint density at radius 3 is 2.50 bits per heavy atom. The molecule has 52 valence electrons. The SMILES string of the molecule is CC(CC#N)[C@H](C#N)C=O. The van der Waals surface area contributed by atoms with E-state index in [4.69, 9.17) is 10.5 Å². The molecule has 0 rings (SSSR count). The average molecular weight is 136 g/mol. The molecule has 10 heavy (non-hydrogen) atoms. The maximum absolute atomic E-state index is 10.1. The van der Waals surface area contributed by atoms with Crippen LogP contribution >= 0.6 is 0 Å². The lowest BCUT2D eigenvalue weighted by atomic mass is 9.94. The van der Waals surface area contributed by atoms with Gasteiger partial charge in [0.1, 0.15) is 12.2 Å². The standard InChI is InChI=1S/C7H8N2O/c1-6(2-3-8)7(4-9)5-10/h5-7H,2H2,1H3/t6?,7-/m1/s1. The van der Waals surface area contributed by atoms with Crippen LogP contribution in [0.4, 0.5) is 0 Å². The fourth-order valence-electron chi connectivity index (χ4n) is 0.563. The highest BCUT2D eigenvalue weighted by molar-refractivity contribution is 5.57. The van der Waals surface area contributed by atoms with Gasteiger partial charge < -0.3 is 4.79 Å². The summed E-state index contributed by atoms with van der Waals surface area (Å²) in [5.41, 5.74) is 0. The monoisotopic (exact) mass is 136 g/mol. The molecule has 0 aromatic rings. The molecule has 0 amide bonds. The molecule has 0 saturated heterocycles. The molecule has 0 radical (unpaired) electrons. The lowest BCUT2D eigenvalue weighted by Crippen LogP contribution is -2.09. The third-order valence-electron chi connectivity index (χ3n) is 1.32. The predicted octanol–water partition coefficient (Wildman–Crippen LogP) is 0.875. The third kappa shape index (κ3) is 2.28. The minimum Gasteiger partial charge on any atom is -0.302 e. The van der Waals surface area contributed by atoms with E-state index in [9.17, 15) is 4.79 Å². The summed E-state index contributed by atoms with van der Waals surface area (Å²) < 4.78 is 0. The van der Waals surface area contributed by atoms with E-state index in [1.165, 1.54) is 0 Å². The molecule has 0 aromatic carbocycles. The number of nitriles is 2. The van der Waals surface area contributed by atoms with Gasteiger partial charge in [-0.2, -0.15) is 10.5 Å². The van der Waals surface area contributed by atoms with Gasteiger partial charge >= 0.3 is 0 Å². The van der Waals surface area contributed by atoms with E-state index in [-0.39, 0.29) is 12.3 Å². The quantitative estimate of drug-likeness (QED) is 0.541. The molecule has 0 aliphatic heterocycles. The number of aldehydes is 1. The zero-order valence-corrected chi connectivity index (χ0v) is 5.74. The molecule has 0 saturated carbocycles. The number of nitrogens with zero attached hydrogens (tertiary/aromatic N) is 2. The minimum atomic E-state index is -0.625. The lowest BCUT2D eigenvalue weighted by Gasteiger charge is -2.05. The van der Waals surface area contributed by atoms with Gasteiger partial charge in [0.2, 0.25) is 0 Å². The second-order valence-electron chi connectivity index (χ2n) is 2.13. The van der Waals surface area contributed by atoms with Crippen molar-refractivity contribution in [3.63, 3.8) is 0 Å². The van der Waals surface area contributed by atoms with Crippen molar-refractivity contribution >= 4 is 6.29 Å². The Labute approximate surface area is 59.9 Å². The first kappa shape index (κ1) is 8.65. The Balaban J connectivity index is 3.94. The van der Waals surface area contributed by atoms with Crippen molar-refractivity contribution in [2.24, 2.45) is 11.8 Å². The molecular weight excluding hydrogens is 128 g/mol. The summed E-state index contributed by atoms with van der Waals surface area (Å²) in [5, 5.41) is 16.5. The maximum atomic E-state index is 10.1. The van der Waals surface area contributed by atoms with E-state index in [0.29, 0.717) is 6.29 Å². The third-order valence-corrected chi connectivity index (χ3v) is 1.32. The van der Waals surface area contributed by atoms with Crippen LogP contribution in [-0.4, -0.2) is 6.29 Å². The molecule has 0 spiro atoms.